The Morgan fingerprint density at radius 2 is 2.31 bits per heavy atom. The van der Waals surface area contributed by atoms with Crippen molar-refractivity contribution in [3.63, 3.8) is 0 Å². The lowest BCUT2D eigenvalue weighted by atomic mass is 9.98. The highest BCUT2D eigenvalue weighted by Crippen LogP contribution is 2.20. The summed E-state index contributed by atoms with van der Waals surface area (Å²) in [4.78, 5) is 0. The molecule has 0 aliphatic carbocycles. The summed E-state index contributed by atoms with van der Waals surface area (Å²) >= 11 is 0. The molecule has 1 heterocycles. The maximum Gasteiger partial charge on any atom is 0.181 e. The molecular formula is C9H19BFNO. The zero-order valence-electron chi connectivity index (χ0n) is 8.72. The summed E-state index contributed by atoms with van der Waals surface area (Å²) in [6.07, 6.45) is -0.0113. The third-order valence-electron chi connectivity index (χ3n) is 2.62. The molecular weight excluding hydrogens is 168 g/mol. The monoisotopic (exact) mass is 187 g/mol. The quantitative estimate of drug-likeness (QED) is 0.648. The number of hydrogen-bond acceptors (Lipinski definition) is 2. The molecule has 0 radical (unpaired) electrons. The minimum Gasteiger partial charge on any atom is -0.356 e. The predicted octanol–water partition coefficient (Wildman–Crippen LogP) is 0.523. The normalized spacial score (nSPS) is 31.1. The van der Waals surface area contributed by atoms with Crippen molar-refractivity contribution in [3.05, 3.63) is 0 Å². The van der Waals surface area contributed by atoms with Crippen LogP contribution >= 0.6 is 0 Å². The highest BCUT2D eigenvalue weighted by molar-refractivity contribution is 6.09. The van der Waals surface area contributed by atoms with Crippen LogP contribution in [0.25, 0.3) is 0 Å². The molecule has 2 nitrogen and oxygen atoms in total. The number of nitrogens with one attached hydrogen (secondary N) is 1. The van der Waals surface area contributed by atoms with Gasteiger partial charge < -0.3 is 10.1 Å². The highest BCUT2D eigenvalue weighted by atomic mass is 19.1. The molecule has 2 unspecified atom stereocenters. The van der Waals surface area contributed by atoms with Gasteiger partial charge in [-0.1, -0.05) is 13.8 Å². The SMILES string of the molecule is BC(F)OCC1CN[C@H](C(C)C)C1. The van der Waals surface area contributed by atoms with Crippen molar-refractivity contribution < 1.29 is 9.13 Å². The van der Waals surface area contributed by atoms with E-state index in [1.54, 1.807) is 0 Å². The molecule has 76 valence electrons. The van der Waals surface area contributed by atoms with Gasteiger partial charge in [-0.2, -0.15) is 0 Å². The van der Waals surface area contributed by atoms with E-state index in [2.05, 4.69) is 19.2 Å². The highest BCUT2D eigenvalue weighted by Gasteiger charge is 2.26. The summed E-state index contributed by atoms with van der Waals surface area (Å²) in [5.74, 6) is 1.15. The Kier molecular flexibility index (Phi) is 4.20. The van der Waals surface area contributed by atoms with E-state index in [1.165, 1.54) is 7.85 Å². The van der Waals surface area contributed by atoms with E-state index in [-0.39, 0.29) is 0 Å². The fourth-order valence-electron chi connectivity index (χ4n) is 1.75. The molecule has 0 aromatic carbocycles. The van der Waals surface area contributed by atoms with Crippen LogP contribution in [0.1, 0.15) is 20.3 Å². The molecule has 13 heavy (non-hydrogen) atoms. The van der Waals surface area contributed by atoms with Gasteiger partial charge in [0.1, 0.15) is 0 Å². The van der Waals surface area contributed by atoms with Gasteiger partial charge in [-0.3, -0.25) is 0 Å². The first kappa shape index (κ1) is 11.0. The number of ether oxygens (including phenoxy) is 1. The number of halogens is 1. The minimum absolute atomic E-state index is 0.491. The first-order chi connectivity index (χ1) is 6.09. The molecule has 4 heteroatoms. The van der Waals surface area contributed by atoms with Gasteiger partial charge in [0.25, 0.3) is 0 Å². The molecule has 1 rings (SSSR count). The molecule has 0 bridgehead atoms. The Morgan fingerprint density at radius 1 is 1.62 bits per heavy atom. The second-order valence-corrected chi connectivity index (χ2v) is 4.24. The van der Waals surface area contributed by atoms with Gasteiger partial charge in [-0.25, -0.2) is 4.39 Å². The van der Waals surface area contributed by atoms with Crippen molar-refractivity contribution in [1.82, 2.24) is 5.32 Å². The molecule has 1 N–H and O–H groups in total. The standard InChI is InChI=1S/C9H19BFNO/c1-6(2)8-3-7(4-12-8)5-13-9(10)11/h6-9,12H,3-5,10H2,1-2H3/t7?,8-,9?/m0/s1. The molecule has 0 aromatic rings. The summed E-state index contributed by atoms with van der Waals surface area (Å²) in [5, 5.41) is 3.43. The van der Waals surface area contributed by atoms with Gasteiger partial charge in [0.05, 0.1) is 6.61 Å². The number of alkyl halides is 1. The van der Waals surface area contributed by atoms with Crippen LogP contribution in [0.2, 0.25) is 0 Å². The van der Waals surface area contributed by atoms with Gasteiger partial charge in [0, 0.05) is 12.6 Å². The van der Waals surface area contributed by atoms with Gasteiger partial charge >= 0.3 is 0 Å². The van der Waals surface area contributed by atoms with Crippen LogP contribution in [-0.4, -0.2) is 33.3 Å². The maximum atomic E-state index is 12.4. The maximum absolute atomic E-state index is 12.4. The first-order valence-electron chi connectivity index (χ1n) is 5.08. The lowest BCUT2D eigenvalue weighted by Crippen LogP contribution is -2.26. The molecule has 1 saturated heterocycles. The molecule has 0 spiro atoms. The van der Waals surface area contributed by atoms with E-state index in [0.29, 0.717) is 24.5 Å². The van der Waals surface area contributed by atoms with Crippen LogP contribution in [0.3, 0.4) is 0 Å². The first-order valence-corrected chi connectivity index (χ1v) is 5.08. The van der Waals surface area contributed by atoms with Crippen molar-refractivity contribution in [2.75, 3.05) is 13.2 Å². The van der Waals surface area contributed by atoms with E-state index in [4.69, 9.17) is 4.74 Å². The van der Waals surface area contributed by atoms with Crippen LogP contribution in [-0.2, 0) is 4.74 Å². The van der Waals surface area contributed by atoms with Crippen molar-refractivity contribution in [1.29, 1.82) is 0 Å². The molecule has 0 aromatic heterocycles. The van der Waals surface area contributed by atoms with Gasteiger partial charge in [0.2, 0.25) is 0 Å². The van der Waals surface area contributed by atoms with Crippen LogP contribution < -0.4 is 5.32 Å². The fourth-order valence-corrected chi connectivity index (χ4v) is 1.75. The Balaban J connectivity index is 2.17. The van der Waals surface area contributed by atoms with Crippen molar-refractivity contribution in [2.24, 2.45) is 11.8 Å². The van der Waals surface area contributed by atoms with Crippen LogP contribution in [0.5, 0.6) is 0 Å². The third kappa shape index (κ3) is 3.65. The average Bonchev–Trinajstić information content (AvgIpc) is 2.48. The molecule has 0 saturated carbocycles. The largest absolute Gasteiger partial charge is 0.356 e. The molecule has 3 atom stereocenters. The Hall–Kier alpha value is -0.0851. The Labute approximate surface area is 80.6 Å². The minimum atomic E-state index is -1.13. The third-order valence-corrected chi connectivity index (χ3v) is 2.62. The predicted molar refractivity (Wildman–Crippen MR) is 54.1 cm³/mol. The Bertz CT molecular complexity index is 155. The van der Waals surface area contributed by atoms with Gasteiger partial charge in [-0.05, 0) is 18.3 Å². The lowest BCUT2D eigenvalue weighted by molar-refractivity contribution is 0.00459. The summed E-state index contributed by atoms with van der Waals surface area (Å²) in [5.41, 5.74) is 0. The number of rotatable bonds is 4. The Morgan fingerprint density at radius 3 is 2.77 bits per heavy atom. The summed E-state index contributed by atoms with van der Waals surface area (Å²) in [6, 6.07) is 0.587. The second kappa shape index (κ2) is 4.96. The summed E-state index contributed by atoms with van der Waals surface area (Å²) in [7, 11) is 1.43. The zero-order chi connectivity index (χ0) is 9.84. The van der Waals surface area contributed by atoms with Crippen LogP contribution in [0.15, 0.2) is 0 Å². The van der Waals surface area contributed by atoms with Gasteiger partial charge in [0.15, 0.2) is 14.1 Å². The van der Waals surface area contributed by atoms with E-state index in [0.717, 1.165) is 13.0 Å². The van der Waals surface area contributed by atoms with E-state index >= 15 is 0 Å². The second-order valence-electron chi connectivity index (χ2n) is 4.24. The van der Waals surface area contributed by atoms with Crippen LogP contribution in [0, 0.1) is 11.8 Å². The smallest absolute Gasteiger partial charge is 0.181 e. The average molecular weight is 187 g/mol. The van der Waals surface area contributed by atoms with Crippen molar-refractivity contribution >= 4 is 7.85 Å². The van der Waals surface area contributed by atoms with Gasteiger partial charge in [-0.15, -0.1) is 0 Å². The fraction of sp³-hybridized carbons (Fsp3) is 1.00. The topological polar surface area (TPSA) is 21.3 Å². The van der Waals surface area contributed by atoms with E-state index in [9.17, 15) is 4.39 Å². The van der Waals surface area contributed by atoms with Crippen molar-refractivity contribution in [2.45, 2.75) is 32.6 Å². The van der Waals surface area contributed by atoms with Crippen LogP contribution in [0.4, 0.5) is 4.39 Å². The van der Waals surface area contributed by atoms with E-state index in [1.807, 2.05) is 0 Å². The summed E-state index contributed by atoms with van der Waals surface area (Å²) < 4.78 is 17.3. The molecule has 1 aliphatic heterocycles. The summed E-state index contributed by atoms with van der Waals surface area (Å²) in [6.45, 7) is 5.93. The van der Waals surface area contributed by atoms with Crippen molar-refractivity contribution in [3.8, 4) is 0 Å². The number of hydrogen-bond donors (Lipinski definition) is 1. The lowest BCUT2D eigenvalue weighted by Gasteiger charge is -2.14. The zero-order valence-corrected chi connectivity index (χ0v) is 8.72. The molecule has 0 amide bonds. The molecule has 1 aliphatic rings. The molecule has 1 fully saturated rings. The van der Waals surface area contributed by atoms with E-state index < -0.39 is 6.26 Å².